The second-order valence-electron chi connectivity index (χ2n) is 4.17. The van der Waals surface area contributed by atoms with E-state index in [-0.39, 0.29) is 42.0 Å². The summed E-state index contributed by atoms with van der Waals surface area (Å²) >= 11 is 0. The molecule has 1 aliphatic rings. The minimum atomic E-state index is -0.981. The van der Waals surface area contributed by atoms with E-state index in [0.717, 1.165) is 6.08 Å². The van der Waals surface area contributed by atoms with Gasteiger partial charge in [-0.3, -0.25) is 6.08 Å². The van der Waals surface area contributed by atoms with Gasteiger partial charge in [0.15, 0.2) is 0 Å². The minimum Gasteiger partial charge on any atom is -0.478 e. The van der Waals surface area contributed by atoms with Crippen molar-refractivity contribution in [1.29, 1.82) is 0 Å². The number of aliphatic carboxylic acids is 1. The molecular formula is C15H25O2Ti. The van der Waals surface area contributed by atoms with Gasteiger partial charge >= 0.3 is 27.7 Å². The molecule has 0 aromatic carbocycles. The maximum Gasteiger partial charge on any atom is 3.00 e. The Morgan fingerprint density at radius 1 is 1.28 bits per heavy atom. The van der Waals surface area contributed by atoms with Crippen LogP contribution in [0.2, 0.25) is 0 Å². The molecule has 18 heavy (non-hydrogen) atoms. The Bertz CT molecular complexity index is 336. The van der Waals surface area contributed by atoms with E-state index in [1.807, 2.05) is 0 Å². The molecule has 0 fully saturated rings. The van der Waals surface area contributed by atoms with Crippen LogP contribution in [0.1, 0.15) is 34.6 Å². The van der Waals surface area contributed by atoms with E-state index in [2.05, 4.69) is 47.3 Å². The van der Waals surface area contributed by atoms with Crippen LogP contribution in [-0.2, 0) is 26.5 Å². The molecule has 0 spiro atoms. The predicted molar refractivity (Wildman–Crippen MR) is 75.2 cm³/mol. The number of rotatable bonds is 1. The molecule has 0 saturated carbocycles. The zero-order valence-corrected chi connectivity index (χ0v) is 14.2. The van der Waals surface area contributed by atoms with Crippen molar-refractivity contribution >= 4 is 5.97 Å². The smallest absolute Gasteiger partial charge is 0.478 e. The first-order valence-electron chi connectivity index (χ1n) is 4.87. The van der Waals surface area contributed by atoms with Crippen molar-refractivity contribution in [1.82, 2.24) is 0 Å². The molecule has 1 rings (SSSR count). The SMILES string of the molecule is C=CC(=O)O.CC1=[C-]C(C)(C)C(C)=C1C.[CH3-].[CH3-].[Ti+3]. The second-order valence-corrected chi connectivity index (χ2v) is 4.17. The summed E-state index contributed by atoms with van der Waals surface area (Å²) in [4.78, 5) is 9.25. The van der Waals surface area contributed by atoms with Crippen molar-refractivity contribution in [3.05, 3.63) is 50.3 Å². The normalized spacial score (nSPS) is 14.8. The van der Waals surface area contributed by atoms with Gasteiger partial charge in [-0.1, -0.05) is 39.7 Å². The first kappa shape index (κ1) is 26.1. The van der Waals surface area contributed by atoms with Gasteiger partial charge in [-0.25, -0.2) is 10.4 Å². The molecule has 0 atom stereocenters. The Kier molecular flexibility index (Phi) is 15.0. The molecule has 0 aliphatic heterocycles. The standard InChI is InChI=1S/C10H15.C3H4O2.2CH3.Ti/c1-7-6-10(4,5)9(3)8(7)2;1-2-3(4)5;;;/h1-5H3;2H,1H2,(H,4,5);2*1H3;/q-1;;2*-1;+3. The summed E-state index contributed by atoms with van der Waals surface area (Å²) in [5, 5.41) is 7.60. The van der Waals surface area contributed by atoms with Crippen molar-refractivity contribution < 1.29 is 31.6 Å². The van der Waals surface area contributed by atoms with Crippen LogP contribution in [0, 0.1) is 26.3 Å². The monoisotopic (exact) mass is 285 g/mol. The molecule has 2 nitrogen and oxygen atoms in total. The molecule has 0 heterocycles. The molecule has 0 saturated heterocycles. The average molecular weight is 285 g/mol. The zero-order valence-electron chi connectivity index (χ0n) is 12.6. The second kappa shape index (κ2) is 10.3. The summed E-state index contributed by atoms with van der Waals surface area (Å²) in [6.45, 7) is 13.9. The first-order chi connectivity index (χ1) is 6.72. The van der Waals surface area contributed by atoms with Crippen molar-refractivity contribution in [3.8, 4) is 0 Å². The number of hydrogen-bond acceptors (Lipinski definition) is 1. The molecule has 0 bridgehead atoms. The molecule has 0 aromatic heterocycles. The molecule has 3 heteroatoms. The van der Waals surface area contributed by atoms with E-state index >= 15 is 0 Å². The molecule has 0 unspecified atom stereocenters. The summed E-state index contributed by atoms with van der Waals surface area (Å²) in [6.07, 6.45) is 4.27. The van der Waals surface area contributed by atoms with Gasteiger partial charge < -0.3 is 20.0 Å². The minimum absolute atomic E-state index is 0. The third kappa shape index (κ3) is 7.68. The van der Waals surface area contributed by atoms with Gasteiger partial charge in [0.05, 0.1) is 0 Å². The van der Waals surface area contributed by atoms with E-state index in [1.54, 1.807) is 0 Å². The average Bonchev–Trinajstić information content (AvgIpc) is 2.30. The van der Waals surface area contributed by atoms with E-state index < -0.39 is 5.97 Å². The van der Waals surface area contributed by atoms with Gasteiger partial charge in [-0.05, 0) is 0 Å². The summed E-state index contributed by atoms with van der Waals surface area (Å²) < 4.78 is 0. The fourth-order valence-corrected chi connectivity index (χ4v) is 1.41. The fraction of sp³-hybridized carbons (Fsp3) is 0.400. The topological polar surface area (TPSA) is 37.3 Å². The van der Waals surface area contributed by atoms with Crippen LogP contribution in [0.3, 0.4) is 0 Å². The van der Waals surface area contributed by atoms with Crippen LogP contribution in [0.15, 0.2) is 29.4 Å². The Labute approximate surface area is 128 Å². The molecule has 101 valence electrons. The van der Waals surface area contributed by atoms with Gasteiger partial charge in [0.25, 0.3) is 0 Å². The van der Waals surface area contributed by atoms with Gasteiger partial charge in [-0.2, -0.15) is 11.1 Å². The Balaban J connectivity index is -0.000000109. The molecule has 1 aliphatic carbocycles. The van der Waals surface area contributed by atoms with Gasteiger partial charge in [0.1, 0.15) is 0 Å². The molecule has 0 amide bonds. The van der Waals surface area contributed by atoms with Gasteiger partial charge in [0.2, 0.25) is 0 Å². The Morgan fingerprint density at radius 3 is 1.67 bits per heavy atom. The largest absolute Gasteiger partial charge is 3.00 e. The Hall–Kier alpha value is -0.596. The summed E-state index contributed by atoms with van der Waals surface area (Å²) in [5.41, 5.74) is 4.39. The molecule has 0 aromatic rings. The summed E-state index contributed by atoms with van der Waals surface area (Å²) in [6, 6.07) is 0. The van der Waals surface area contributed by atoms with Crippen LogP contribution >= 0.6 is 0 Å². The van der Waals surface area contributed by atoms with Crippen molar-refractivity contribution in [2.75, 3.05) is 0 Å². The molecule has 1 radical (unpaired) electrons. The van der Waals surface area contributed by atoms with Crippen LogP contribution < -0.4 is 0 Å². The maximum absolute atomic E-state index is 9.25. The van der Waals surface area contributed by atoms with Crippen LogP contribution in [0.5, 0.6) is 0 Å². The van der Waals surface area contributed by atoms with Crippen LogP contribution in [-0.4, -0.2) is 11.1 Å². The summed E-state index contributed by atoms with van der Waals surface area (Å²) in [5.74, 6) is -0.981. The van der Waals surface area contributed by atoms with E-state index in [4.69, 9.17) is 5.11 Å². The first-order valence-corrected chi connectivity index (χ1v) is 4.87. The zero-order chi connectivity index (χ0) is 12.2. The maximum atomic E-state index is 9.25. The van der Waals surface area contributed by atoms with Crippen molar-refractivity contribution in [2.24, 2.45) is 5.41 Å². The van der Waals surface area contributed by atoms with E-state index in [9.17, 15) is 4.79 Å². The quantitative estimate of drug-likeness (QED) is 0.444. The van der Waals surface area contributed by atoms with Crippen molar-refractivity contribution in [2.45, 2.75) is 34.6 Å². The predicted octanol–water partition coefficient (Wildman–Crippen LogP) is 4.27. The van der Waals surface area contributed by atoms with Gasteiger partial charge in [-0.15, -0.1) is 6.92 Å². The number of allylic oxidation sites excluding steroid dienone is 4. The summed E-state index contributed by atoms with van der Waals surface area (Å²) in [7, 11) is 0. The van der Waals surface area contributed by atoms with Crippen LogP contribution in [0.25, 0.3) is 0 Å². The van der Waals surface area contributed by atoms with E-state index in [0.29, 0.717) is 0 Å². The Morgan fingerprint density at radius 2 is 1.61 bits per heavy atom. The number of hydrogen-bond donors (Lipinski definition) is 1. The number of carboxylic acid groups (broad SMARTS) is 1. The van der Waals surface area contributed by atoms with E-state index in [1.165, 1.54) is 16.7 Å². The third-order valence-corrected chi connectivity index (χ3v) is 2.74. The van der Waals surface area contributed by atoms with Gasteiger partial charge in [0, 0.05) is 6.08 Å². The third-order valence-electron chi connectivity index (χ3n) is 2.74. The fourth-order valence-electron chi connectivity index (χ4n) is 1.41. The number of carbonyl (C=O) groups is 1. The van der Waals surface area contributed by atoms with Crippen LogP contribution in [0.4, 0.5) is 0 Å². The molecular weight excluding hydrogens is 260 g/mol. The van der Waals surface area contributed by atoms with Crippen molar-refractivity contribution in [3.63, 3.8) is 0 Å². The number of carboxylic acids is 1. The molecule has 1 N–H and O–H groups in total.